The molecule has 0 aliphatic heterocycles. The Morgan fingerprint density at radius 1 is 1.18 bits per heavy atom. The Morgan fingerprint density at radius 3 is 2.00 bits per heavy atom. The Balaban J connectivity index is 3.08. The molecule has 94 valence electrons. The Bertz CT molecular complexity index is 513. The van der Waals surface area contributed by atoms with Crippen molar-refractivity contribution < 1.29 is 13.2 Å². The molecule has 0 radical (unpaired) electrons. The number of carbonyl (C=O) groups is 1. The molecular weight excluding hydrogens is 240 g/mol. The highest BCUT2D eigenvalue weighted by Gasteiger charge is 2.18. The summed E-state index contributed by atoms with van der Waals surface area (Å²) in [5, 5.41) is 0. The number of sulfonamides is 1. The SMILES string of the molecule is CC(C)(C)c1ccc(S(=O)(=O)NC(N)=O)cc1. The highest BCUT2D eigenvalue weighted by Crippen LogP contribution is 2.23. The molecule has 0 unspecified atom stereocenters. The van der Waals surface area contributed by atoms with Crippen molar-refractivity contribution in [3.05, 3.63) is 29.8 Å². The van der Waals surface area contributed by atoms with Gasteiger partial charge in [0.25, 0.3) is 10.0 Å². The van der Waals surface area contributed by atoms with Gasteiger partial charge in [0, 0.05) is 0 Å². The van der Waals surface area contributed by atoms with Crippen LogP contribution in [0.4, 0.5) is 4.79 Å². The zero-order valence-electron chi connectivity index (χ0n) is 10.0. The molecule has 1 rings (SSSR count). The zero-order chi connectivity index (χ0) is 13.3. The summed E-state index contributed by atoms with van der Waals surface area (Å²) >= 11 is 0. The monoisotopic (exact) mass is 256 g/mol. The summed E-state index contributed by atoms with van der Waals surface area (Å²) < 4.78 is 24.9. The second-order valence-corrected chi connectivity index (χ2v) is 6.43. The minimum Gasteiger partial charge on any atom is -0.351 e. The molecule has 1 aromatic carbocycles. The smallest absolute Gasteiger partial charge is 0.326 e. The molecule has 0 saturated carbocycles. The average molecular weight is 256 g/mol. The van der Waals surface area contributed by atoms with Crippen LogP contribution >= 0.6 is 0 Å². The molecule has 2 amide bonds. The summed E-state index contributed by atoms with van der Waals surface area (Å²) in [5.74, 6) is 0. The van der Waals surface area contributed by atoms with E-state index >= 15 is 0 Å². The van der Waals surface area contributed by atoms with Crippen molar-refractivity contribution in [1.82, 2.24) is 4.72 Å². The molecule has 0 aliphatic carbocycles. The molecule has 0 spiro atoms. The average Bonchev–Trinajstić information content (AvgIpc) is 2.14. The number of primary amides is 1. The van der Waals surface area contributed by atoms with Gasteiger partial charge in [-0.2, -0.15) is 0 Å². The van der Waals surface area contributed by atoms with Gasteiger partial charge < -0.3 is 5.73 Å². The third kappa shape index (κ3) is 3.45. The van der Waals surface area contributed by atoms with Gasteiger partial charge in [-0.05, 0) is 23.1 Å². The van der Waals surface area contributed by atoms with Crippen LogP contribution in [-0.2, 0) is 15.4 Å². The predicted molar refractivity (Wildman–Crippen MR) is 65.0 cm³/mol. The lowest BCUT2D eigenvalue weighted by atomic mass is 9.87. The number of hydrogen-bond donors (Lipinski definition) is 2. The minimum absolute atomic E-state index is 0.0179. The van der Waals surface area contributed by atoms with E-state index in [1.54, 1.807) is 16.9 Å². The molecular formula is C11H16N2O3S. The third-order valence-corrected chi connectivity index (χ3v) is 3.63. The molecule has 0 aliphatic rings. The van der Waals surface area contributed by atoms with Crippen LogP contribution in [0.5, 0.6) is 0 Å². The number of benzene rings is 1. The molecule has 0 bridgehead atoms. The Labute approximate surface area is 101 Å². The van der Waals surface area contributed by atoms with Crippen molar-refractivity contribution in [1.29, 1.82) is 0 Å². The minimum atomic E-state index is -3.85. The van der Waals surface area contributed by atoms with E-state index in [1.165, 1.54) is 12.1 Å². The Kier molecular flexibility index (Phi) is 3.47. The molecule has 5 nitrogen and oxygen atoms in total. The van der Waals surface area contributed by atoms with Crippen LogP contribution < -0.4 is 10.5 Å². The number of rotatable bonds is 2. The maximum absolute atomic E-state index is 11.6. The normalized spacial score (nSPS) is 12.2. The first-order valence-electron chi connectivity index (χ1n) is 5.06. The fourth-order valence-electron chi connectivity index (χ4n) is 1.33. The largest absolute Gasteiger partial charge is 0.351 e. The van der Waals surface area contributed by atoms with E-state index in [2.05, 4.69) is 0 Å². The zero-order valence-corrected chi connectivity index (χ0v) is 10.8. The van der Waals surface area contributed by atoms with Crippen molar-refractivity contribution >= 4 is 16.1 Å². The van der Waals surface area contributed by atoms with Crippen LogP contribution in [0.25, 0.3) is 0 Å². The first-order chi connectivity index (χ1) is 7.63. The van der Waals surface area contributed by atoms with E-state index in [4.69, 9.17) is 5.73 Å². The van der Waals surface area contributed by atoms with E-state index in [-0.39, 0.29) is 10.3 Å². The molecule has 0 atom stereocenters. The molecule has 0 fully saturated rings. The van der Waals surface area contributed by atoms with Gasteiger partial charge in [-0.3, -0.25) is 0 Å². The summed E-state index contributed by atoms with van der Waals surface area (Å²) in [6.45, 7) is 6.08. The first kappa shape index (κ1) is 13.5. The van der Waals surface area contributed by atoms with Crippen molar-refractivity contribution in [2.75, 3.05) is 0 Å². The lowest BCUT2D eigenvalue weighted by Crippen LogP contribution is -2.34. The van der Waals surface area contributed by atoms with Crippen molar-refractivity contribution in [2.45, 2.75) is 31.1 Å². The fraction of sp³-hybridized carbons (Fsp3) is 0.364. The fourth-order valence-corrected chi connectivity index (χ4v) is 2.20. The molecule has 0 saturated heterocycles. The van der Waals surface area contributed by atoms with Gasteiger partial charge in [-0.25, -0.2) is 17.9 Å². The number of hydrogen-bond acceptors (Lipinski definition) is 3. The summed E-state index contributed by atoms with van der Waals surface area (Å²) in [4.78, 5) is 10.6. The van der Waals surface area contributed by atoms with Crippen molar-refractivity contribution in [3.63, 3.8) is 0 Å². The summed E-state index contributed by atoms with van der Waals surface area (Å²) in [6.07, 6.45) is 0. The maximum Gasteiger partial charge on any atom is 0.326 e. The quantitative estimate of drug-likeness (QED) is 0.836. The number of carbonyl (C=O) groups excluding carboxylic acids is 1. The predicted octanol–water partition coefficient (Wildman–Crippen LogP) is 1.34. The molecule has 0 aromatic heterocycles. The lowest BCUT2D eigenvalue weighted by molar-refractivity contribution is 0.253. The third-order valence-electron chi connectivity index (χ3n) is 2.27. The van der Waals surface area contributed by atoms with Gasteiger partial charge >= 0.3 is 6.03 Å². The van der Waals surface area contributed by atoms with E-state index in [0.29, 0.717) is 0 Å². The van der Waals surface area contributed by atoms with Crippen LogP contribution in [0.2, 0.25) is 0 Å². The van der Waals surface area contributed by atoms with E-state index in [1.807, 2.05) is 20.8 Å². The maximum atomic E-state index is 11.6. The molecule has 0 heterocycles. The second kappa shape index (κ2) is 4.37. The molecule has 17 heavy (non-hydrogen) atoms. The van der Waals surface area contributed by atoms with Gasteiger partial charge in [-0.15, -0.1) is 0 Å². The number of nitrogens with two attached hydrogens (primary N) is 1. The van der Waals surface area contributed by atoms with Crippen LogP contribution in [0.1, 0.15) is 26.3 Å². The first-order valence-corrected chi connectivity index (χ1v) is 6.54. The van der Waals surface area contributed by atoms with Gasteiger partial charge in [0.05, 0.1) is 4.90 Å². The topological polar surface area (TPSA) is 89.3 Å². The van der Waals surface area contributed by atoms with Crippen LogP contribution in [0, 0.1) is 0 Å². The van der Waals surface area contributed by atoms with Gasteiger partial charge in [0.15, 0.2) is 0 Å². The van der Waals surface area contributed by atoms with E-state index < -0.39 is 16.1 Å². The van der Waals surface area contributed by atoms with E-state index in [0.717, 1.165) is 5.56 Å². The van der Waals surface area contributed by atoms with Gasteiger partial charge in [0.1, 0.15) is 0 Å². The van der Waals surface area contributed by atoms with Crippen molar-refractivity contribution in [2.24, 2.45) is 5.73 Å². The van der Waals surface area contributed by atoms with E-state index in [9.17, 15) is 13.2 Å². The summed E-state index contributed by atoms with van der Waals surface area (Å²) in [7, 11) is -3.85. The van der Waals surface area contributed by atoms with Crippen molar-refractivity contribution in [3.8, 4) is 0 Å². The van der Waals surface area contributed by atoms with Gasteiger partial charge in [-0.1, -0.05) is 32.9 Å². The number of nitrogens with one attached hydrogen (secondary N) is 1. The molecule has 1 aromatic rings. The van der Waals surface area contributed by atoms with Crippen LogP contribution in [-0.4, -0.2) is 14.4 Å². The summed E-state index contributed by atoms with van der Waals surface area (Å²) in [5.41, 5.74) is 5.74. The van der Waals surface area contributed by atoms with Gasteiger partial charge in [0.2, 0.25) is 0 Å². The lowest BCUT2D eigenvalue weighted by Gasteiger charge is -2.19. The highest BCUT2D eigenvalue weighted by atomic mass is 32.2. The number of amides is 2. The molecule has 3 N–H and O–H groups in total. The Hall–Kier alpha value is -1.56. The Morgan fingerprint density at radius 2 is 1.65 bits per heavy atom. The number of urea groups is 1. The highest BCUT2D eigenvalue weighted by molar-refractivity contribution is 7.90. The molecule has 6 heteroatoms. The van der Waals surface area contributed by atoms with Crippen LogP contribution in [0.15, 0.2) is 29.2 Å². The summed E-state index contributed by atoms with van der Waals surface area (Å²) in [6, 6.07) is 5.24. The second-order valence-electron chi connectivity index (χ2n) is 4.74. The van der Waals surface area contributed by atoms with Crippen LogP contribution in [0.3, 0.4) is 0 Å². The standard InChI is InChI=1S/C11H16N2O3S/c1-11(2,3)8-4-6-9(7-5-8)17(15,16)13-10(12)14/h4-7H,1-3H3,(H3,12,13,14).